The summed E-state index contributed by atoms with van der Waals surface area (Å²) in [5, 5.41) is 5.73. The Bertz CT molecular complexity index is 1030. The summed E-state index contributed by atoms with van der Waals surface area (Å²) in [6.07, 6.45) is 0. The third-order valence-corrected chi connectivity index (χ3v) is 5.05. The molecule has 5 amide bonds. The molecule has 1 heterocycles. The van der Waals surface area contributed by atoms with Gasteiger partial charge in [0.15, 0.2) is 0 Å². The van der Waals surface area contributed by atoms with E-state index < -0.39 is 35.8 Å². The molecule has 0 saturated carbocycles. The summed E-state index contributed by atoms with van der Waals surface area (Å²) in [4.78, 5) is 49.5. The van der Waals surface area contributed by atoms with E-state index in [0.717, 1.165) is 4.90 Å². The number of benzene rings is 2. The Labute approximate surface area is 175 Å². The van der Waals surface area contributed by atoms with E-state index in [4.69, 9.17) is 28.9 Å². The number of anilines is 1. The lowest BCUT2D eigenvalue weighted by Gasteiger charge is -2.23. The number of hydrogen-bond acceptors (Lipinski definition) is 4. The lowest BCUT2D eigenvalue weighted by molar-refractivity contribution is -0.133. The third-order valence-electron chi connectivity index (χ3n) is 4.50. The van der Waals surface area contributed by atoms with Gasteiger partial charge in [-0.25, -0.2) is 4.79 Å². The van der Waals surface area contributed by atoms with Gasteiger partial charge in [0.25, 0.3) is 5.91 Å². The summed E-state index contributed by atoms with van der Waals surface area (Å²) < 4.78 is 0. The third kappa shape index (κ3) is 4.03. The summed E-state index contributed by atoms with van der Waals surface area (Å²) in [5.41, 5.74) is 4.77. The van der Waals surface area contributed by atoms with Crippen LogP contribution in [0.15, 0.2) is 42.5 Å². The van der Waals surface area contributed by atoms with Gasteiger partial charge in [-0.05, 0) is 43.3 Å². The number of primary amides is 1. The molecule has 10 heteroatoms. The number of nitrogens with zero attached hydrogens (tertiary/aromatic N) is 1. The summed E-state index contributed by atoms with van der Waals surface area (Å²) in [6.45, 7) is 1.01. The van der Waals surface area contributed by atoms with Crippen LogP contribution in [0.5, 0.6) is 0 Å². The molecule has 1 saturated heterocycles. The van der Waals surface area contributed by atoms with Gasteiger partial charge in [-0.15, -0.1) is 0 Å². The number of carbonyl (C=O) groups excluding carboxylic acids is 4. The topological polar surface area (TPSA) is 122 Å². The molecule has 1 atom stereocenters. The lowest BCUT2D eigenvalue weighted by atomic mass is 9.92. The van der Waals surface area contributed by atoms with Crippen molar-refractivity contribution < 1.29 is 19.2 Å². The fraction of sp³-hybridized carbons (Fsp3) is 0.158. The molecule has 29 heavy (non-hydrogen) atoms. The van der Waals surface area contributed by atoms with E-state index in [-0.39, 0.29) is 10.6 Å². The first-order chi connectivity index (χ1) is 13.6. The van der Waals surface area contributed by atoms with Crippen molar-refractivity contribution in [3.63, 3.8) is 0 Å². The number of rotatable bonds is 5. The molecule has 0 bridgehead atoms. The average molecular weight is 435 g/mol. The minimum absolute atomic E-state index is 0.217. The Morgan fingerprint density at radius 3 is 2.38 bits per heavy atom. The number of nitrogens with one attached hydrogen (secondary N) is 2. The molecule has 150 valence electrons. The number of hydrogen-bond donors (Lipinski definition) is 3. The Morgan fingerprint density at radius 1 is 1.14 bits per heavy atom. The van der Waals surface area contributed by atoms with Crippen LogP contribution >= 0.6 is 23.2 Å². The van der Waals surface area contributed by atoms with Gasteiger partial charge in [0.1, 0.15) is 12.1 Å². The number of imide groups is 1. The Morgan fingerprint density at radius 2 is 1.79 bits per heavy atom. The second-order valence-electron chi connectivity index (χ2n) is 6.56. The van der Waals surface area contributed by atoms with Gasteiger partial charge >= 0.3 is 6.03 Å². The van der Waals surface area contributed by atoms with Gasteiger partial charge in [-0.2, -0.15) is 0 Å². The van der Waals surface area contributed by atoms with Crippen LogP contribution in [0.2, 0.25) is 10.0 Å². The highest BCUT2D eigenvalue weighted by Crippen LogP contribution is 2.34. The van der Waals surface area contributed by atoms with E-state index in [1.165, 1.54) is 37.3 Å². The van der Waals surface area contributed by atoms with Crippen LogP contribution in [0.1, 0.15) is 22.8 Å². The lowest BCUT2D eigenvalue weighted by Crippen LogP contribution is -2.42. The second-order valence-corrected chi connectivity index (χ2v) is 7.40. The van der Waals surface area contributed by atoms with Gasteiger partial charge in [0.2, 0.25) is 11.8 Å². The van der Waals surface area contributed by atoms with Crippen molar-refractivity contribution in [3.05, 3.63) is 63.6 Å². The molecule has 0 aliphatic carbocycles. The Balaban J connectivity index is 1.74. The molecular weight excluding hydrogens is 419 g/mol. The van der Waals surface area contributed by atoms with E-state index in [0.29, 0.717) is 16.3 Å². The van der Waals surface area contributed by atoms with E-state index >= 15 is 0 Å². The van der Waals surface area contributed by atoms with Crippen molar-refractivity contribution >= 4 is 52.6 Å². The zero-order valence-electron chi connectivity index (χ0n) is 15.2. The van der Waals surface area contributed by atoms with Crippen molar-refractivity contribution in [3.8, 4) is 0 Å². The molecular formula is C19H16Cl2N4O4. The van der Waals surface area contributed by atoms with Crippen LogP contribution < -0.4 is 16.4 Å². The zero-order chi connectivity index (χ0) is 21.3. The minimum Gasteiger partial charge on any atom is -0.366 e. The summed E-state index contributed by atoms with van der Waals surface area (Å²) in [7, 11) is 0. The van der Waals surface area contributed by atoms with Crippen LogP contribution in [-0.2, 0) is 15.1 Å². The predicted octanol–water partition coefficient (Wildman–Crippen LogP) is 2.50. The Hall–Kier alpha value is -3.10. The first-order valence-electron chi connectivity index (χ1n) is 8.41. The molecule has 0 aromatic heterocycles. The fourth-order valence-electron chi connectivity index (χ4n) is 2.98. The molecule has 1 aliphatic heterocycles. The van der Waals surface area contributed by atoms with Crippen molar-refractivity contribution in [1.82, 2.24) is 10.2 Å². The van der Waals surface area contributed by atoms with Crippen LogP contribution in [0.3, 0.4) is 0 Å². The molecule has 1 aliphatic rings. The normalized spacial score (nSPS) is 18.5. The smallest absolute Gasteiger partial charge is 0.325 e. The Kier molecular flexibility index (Phi) is 5.50. The quantitative estimate of drug-likeness (QED) is 0.625. The zero-order valence-corrected chi connectivity index (χ0v) is 16.7. The van der Waals surface area contributed by atoms with E-state index in [9.17, 15) is 19.2 Å². The summed E-state index contributed by atoms with van der Waals surface area (Å²) in [5.74, 6) is -1.81. The highest BCUT2D eigenvalue weighted by Gasteiger charge is 2.50. The number of carbonyl (C=O) groups is 4. The van der Waals surface area contributed by atoms with Crippen molar-refractivity contribution in [2.24, 2.45) is 5.73 Å². The first kappa shape index (κ1) is 20.6. The molecule has 4 N–H and O–H groups in total. The molecule has 3 rings (SSSR count). The molecule has 0 radical (unpaired) electrons. The van der Waals surface area contributed by atoms with Gasteiger partial charge in [0.05, 0.1) is 0 Å². The average Bonchev–Trinajstić information content (AvgIpc) is 2.85. The van der Waals surface area contributed by atoms with Crippen LogP contribution in [-0.4, -0.2) is 35.2 Å². The highest BCUT2D eigenvalue weighted by molar-refractivity contribution is 6.35. The second kappa shape index (κ2) is 7.73. The highest BCUT2D eigenvalue weighted by atomic mass is 35.5. The predicted molar refractivity (Wildman–Crippen MR) is 108 cm³/mol. The largest absolute Gasteiger partial charge is 0.366 e. The van der Waals surface area contributed by atoms with E-state index in [1.54, 1.807) is 12.1 Å². The summed E-state index contributed by atoms with van der Waals surface area (Å²) >= 11 is 12.1. The van der Waals surface area contributed by atoms with Crippen molar-refractivity contribution in [1.29, 1.82) is 0 Å². The van der Waals surface area contributed by atoms with Gasteiger partial charge in [-0.3, -0.25) is 19.3 Å². The molecule has 0 spiro atoms. The number of nitrogens with two attached hydrogens (primary N) is 1. The van der Waals surface area contributed by atoms with Crippen LogP contribution in [0.4, 0.5) is 10.5 Å². The summed E-state index contributed by atoms with van der Waals surface area (Å²) in [6, 6.07) is 9.72. The maximum atomic E-state index is 12.9. The van der Waals surface area contributed by atoms with E-state index in [1.807, 2.05) is 0 Å². The molecule has 2 aromatic rings. The monoisotopic (exact) mass is 434 g/mol. The minimum atomic E-state index is -1.43. The van der Waals surface area contributed by atoms with Crippen molar-refractivity contribution in [2.75, 3.05) is 11.9 Å². The number of amides is 5. The molecule has 1 fully saturated rings. The first-order valence-corrected chi connectivity index (χ1v) is 9.17. The number of urea groups is 1. The van der Waals surface area contributed by atoms with Crippen LogP contribution in [0, 0.1) is 0 Å². The molecule has 2 aromatic carbocycles. The van der Waals surface area contributed by atoms with Gasteiger partial charge in [0, 0.05) is 26.9 Å². The fourth-order valence-corrected chi connectivity index (χ4v) is 3.58. The maximum Gasteiger partial charge on any atom is 0.325 e. The maximum absolute atomic E-state index is 12.9. The van der Waals surface area contributed by atoms with Crippen LogP contribution in [0.25, 0.3) is 0 Å². The standard InChI is InChI=1S/C19H16Cl2N4O4/c1-19(13-7-4-11(20)8-14(13)21)17(28)25(18(29)24-19)9-15(26)23-12-5-2-10(3-6-12)16(22)27/h2-8H,9H2,1H3,(H2,22,27)(H,23,26)(H,24,29)/t19-/m0/s1. The molecule has 8 nitrogen and oxygen atoms in total. The van der Waals surface area contributed by atoms with Gasteiger partial charge < -0.3 is 16.4 Å². The SMILES string of the molecule is C[C@@]1(c2ccc(Cl)cc2Cl)NC(=O)N(CC(=O)Nc2ccc(C(N)=O)cc2)C1=O. The van der Waals surface area contributed by atoms with E-state index in [2.05, 4.69) is 10.6 Å². The van der Waals surface area contributed by atoms with Gasteiger partial charge in [-0.1, -0.05) is 29.3 Å². The molecule has 0 unspecified atom stereocenters. The van der Waals surface area contributed by atoms with Crippen molar-refractivity contribution in [2.45, 2.75) is 12.5 Å². The number of halogens is 2.